The number of phenolic OH excluding ortho intramolecular Hbond substituents is 1. The van der Waals surface area contributed by atoms with E-state index >= 15 is 0 Å². The summed E-state index contributed by atoms with van der Waals surface area (Å²) in [7, 11) is 0. The number of aromatic nitrogens is 2. The number of nitrogen functional groups attached to an aromatic ring is 1. The molecule has 0 aliphatic carbocycles. The Bertz CT molecular complexity index is 2320. The Balaban J connectivity index is 0.749. The highest BCUT2D eigenvalue weighted by Gasteiger charge is 2.45. The monoisotopic (exact) mass is 785 g/mol. The lowest BCUT2D eigenvalue weighted by Gasteiger charge is -2.41. The van der Waals surface area contributed by atoms with Gasteiger partial charge in [-0.15, -0.1) is 10.2 Å². The topological polar surface area (TPSA) is 195 Å². The van der Waals surface area contributed by atoms with Crippen LogP contribution >= 0.6 is 0 Å². The van der Waals surface area contributed by atoms with Gasteiger partial charge in [-0.1, -0.05) is 18.2 Å². The predicted molar refractivity (Wildman–Crippen MR) is 213 cm³/mol. The first-order chi connectivity index (χ1) is 28.1. The van der Waals surface area contributed by atoms with Crippen LogP contribution < -0.4 is 30.5 Å². The molecule has 4 aromatic rings. The average Bonchev–Trinajstić information content (AvgIpc) is 3.47. The number of hydrogen-bond donors (Lipinski definition) is 3. The molecule has 4 N–H and O–H groups in total. The highest BCUT2D eigenvalue weighted by Crippen LogP contribution is 2.35. The van der Waals surface area contributed by atoms with Gasteiger partial charge in [0.1, 0.15) is 23.6 Å². The van der Waals surface area contributed by atoms with Crippen LogP contribution in [0, 0.1) is 5.92 Å². The molecule has 5 aliphatic rings. The van der Waals surface area contributed by atoms with Crippen molar-refractivity contribution >= 4 is 52.4 Å². The second kappa shape index (κ2) is 15.0. The third-order valence-corrected chi connectivity index (χ3v) is 11.9. The molecule has 58 heavy (non-hydrogen) atoms. The fourth-order valence-electron chi connectivity index (χ4n) is 8.61. The van der Waals surface area contributed by atoms with E-state index in [1.54, 1.807) is 30.3 Å². The van der Waals surface area contributed by atoms with Crippen LogP contribution in [0.2, 0.25) is 0 Å². The van der Waals surface area contributed by atoms with Gasteiger partial charge in [0.2, 0.25) is 17.7 Å². The lowest BCUT2D eigenvalue weighted by Crippen LogP contribution is -2.54. The molecule has 0 bridgehead atoms. The van der Waals surface area contributed by atoms with Gasteiger partial charge in [0, 0.05) is 74.6 Å². The summed E-state index contributed by atoms with van der Waals surface area (Å²) in [6.45, 7) is 5.16. The summed E-state index contributed by atoms with van der Waals surface area (Å²) < 4.78 is 6.34. The Kier molecular flexibility index (Phi) is 9.54. The molecule has 1 aromatic heterocycles. The first-order valence-electron chi connectivity index (χ1n) is 19.7. The van der Waals surface area contributed by atoms with Crippen LogP contribution in [0.15, 0.2) is 72.8 Å². The van der Waals surface area contributed by atoms with Gasteiger partial charge in [-0.2, -0.15) is 0 Å². The average molecular weight is 786 g/mol. The van der Waals surface area contributed by atoms with E-state index in [4.69, 9.17) is 10.5 Å². The second-order valence-electron chi connectivity index (χ2n) is 15.4. The summed E-state index contributed by atoms with van der Waals surface area (Å²) in [6.07, 6.45) is 1.48. The summed E-state index contributed by atoms with van der Waals surface area (Å²) in [6, 6.07) is 21.0. The number of piperidine rings is 2. The van der Waals surface area contributed by atoms with Crippen molar-refractivity contribution in [1.82, 2.24) is 25.3 Å². The molecule has 0 radical (unpaired) electrons. The number of carbonyl (C=O) groups is 5. The predicted octanol–water partition coefficient (Wildman–Crippen LogP) is 2.67. The molecule has 1 unspecified atom stereocenters. The molecule has 0 spiro atoms. The van der Waals surface area contributed by atoms with Gasteiger partial charge in [0.05, 0.1) is 35.6 Å². The number of amides is 5. The van der Waals surface area contributed by atoms with Crippen LogP contribution in [0.5, 0.6) is 11.5 Å². The molecule has 16 nitrogen and oxygen atoms in total. The number of benzene rings is 3. The van der Waals surface area contributed by atoms with E-state index in [1.807, 2.05) is 41.3 Å². The van der Waals surface area contributed by atoms with Crippen molar-refractivity contribution in [3.05, 3.63) is 83.9 Å². The number of carbonyl (C=O) groups excluding carboxylic acids is 5. The molecule has 3 aromatic carbocycles. The Morgan fingerprint density at radius 3 is 2.22 bits per heavy atom. The first-order valence-corrected chi connectivity index (χ1v) is 19.7. The number of aromatic hydroxyl groups is 1. The molecular weight excluding hydrogens is 743 g/mol. The molecule has 0 saturated carbocycles. The minimum atomic E-state index is -1.01. The van der Waals surface area contributed by atoms with Gasteiger partial charge >= 0.3 is 0 Å². The van der Waals surface area contributed by atoms with Crippen LogP contribution in [0.4, 0.5) is 22.9 Å². The summed E-state index contributed by atoms with van der Waals surface area (Å²) in [5.41, 5.74) is 10.4. The summed E-state index contributed by atoms with van der Waals surface area (Å²) in [5.74, 6) is -0.821. The fourth-order valence-corrected chi connectivity index (χ4v) is 8.61. The molecule has 9 rings (SSSR count). The lowest BCUT2D eigenvalue weighted by atomic mass is 9.94. The van der Waals surface area contributed by atoms with Gasteiger partial charge in [-0.25, -0.2) is 0 Å². The number of fused-ring (bicyclic) bond motifs is 1. The second-order valence-corrected chi connectivity index (χ2v) is 15.4. The molecule has 4 saturated heterocycles. The number of hydrogen-bond acceptors (Lipinski definition) is 13. The van der Waals surface area contributed by atoms with E-state index in [0.29, 0.717) is 82.3 Å². The molecule has 5 aliphatic heterocycles. The van der Waals surface area contributed by atoms with E-state index in [-0.39, 0.29) is 47.6 Å². The van der Waals surface area contributed by atoms with Crippen molar-refractivity contribution in [2.75, 3.05) is 72.8 Å². The molecule has 5 amide bonds. The maximum atomic E-state index is 13.7. The smallest absolute Gasteiger partial charge is 0.262 e. The van der Waals surface area contributed by atoms with Crippen molar-refractivity contribution in [3.63, 3.8) is 0 Å². The number of piperazine rings is 1. The van der Waals surface area contributed by atoms with Crippen molar-refractivity contribution in [2.45, 2.75) is 37.8 Å². The van der Waals surface area contributed by atoms with Gasteiger partial charge in [-0.05, 0) is 67.8 Å². The number of rotatable bonds is 8. The van der Waals surface area contributed by atoms with Crippen molar-refractivity contribution in [2.24, 2.45) is 5.92 Å². The van der Waals surface area contributed by atoms with Crippen LogP contribution in [0.1, 0.15) is 46.4 Å². The SMILES string of the molecule is Nc1nnc(-c2ccccc2O)cc1N1CC(Oc2cccc(N3CCN(C(=O)C4CCN(c5ccc6c(c5)C(=O)N(C5CCC(=O)NC5=O)C6=O)CC4)CC3)c2)C1. The molecule has 4 fully saturated rings. The number of ether oxygens (including phenoxy) is 1. The van der Waals surface area contributed by atoms with Crippen LogP contribution in [0.3, 0.4) is 0 Å². The molecule has 1 atom stereocenters. The normalized spacial score (nSPS) is 20.3. The minimum absolute atomic E-state index is 0.0398. The van der Waals surface area contributed by atoms with Gasteiger partial charge in [-0.3, -0.25) is 34.2 Å². The maximum absolute atomic E-state index is 13.7. The molecule has 6 heterocycles. The van der Waals surface area contributed by atoms with E-state index in [1.165, 1.54) is 0 Å². The van der Waals surface area contributed by atoms with Gasteiger partial charge in [0.25, 0.3) is 11.8 Å². The van der Waals surface area contributed by atoms with E-state index < -0.39 is 29.7 Å². The Labute approximate surface area is 334 Å². The molecule has 16 heteroatoms. The quantitative estimate of drug-likeness (QED) is 0.221. The van der Waals surface area contributed by atoms with Crippen LogP contribution in [-0.2, 0) is 14.4 Å². The minimum Gasteiger partial charge on any atom is -0.507 e. The fraction of sp³-hybridized carbons (Fsp3) is 0.357. The maximum Gasteiger partial charge on any atom is 0.262 e. The number of nitrogens with two attached hydrogens (primary N) is 1. The van der Waals surface area contributed by atoms with E-state index in [2.05, 4.69) is 36.3 Å². The zero-order valence-electron chi connectivity index (χ0n) is 31.8. The third-order valence-electron chi connectivity index (χ3n) is 11.9. The highest BCUT2D eigenvalue weighted by atomic mass is 16.5. The summed E-state index contributed by atoms with van der Waals surface area (Å²) in [4.78, 5) is 73.6. The zero-order valence-corrected chi connectivity index (χ0v) is 31.8. The number of imide groups is 2. The Hall–Kier alpha value is -6.71. The number of nitrogens with zero attached hydrogens (tertiary/aromatic N) is 7. The van der Waals surface area contributed by atoms with Crippen LogP contribution in [-0.4, -0.2) is 119 Å². The zero-order chi connectivity index (χ0) is 40.1. The third kappa shape index (κ3) is 6.88. The van der Waals surface area contributed by atoms with Crippen molar-refractivity contribution in [3.8, 4) is 22.8 Å². The molecule has 298 valence electrons. The Morgan fingerprint density at radius 1 is 0.741 bits per heavy atom. The van der Waals surface area contributed by atoms with Gasteiger partial charge < -0.3 is 35.2 Å². The van der Waals surface area contributed by atoms with Gasteiger partial charge in [0.15, 0.2) is 5.82 Å². The van der Waals surface area contributed by atoms with Crippen molar-refractivity contribution in [1.29, 1.82) is 0 Å². The largest absolute Gasteiger partial charge is 0.507 e. The molecular formula is C42H43N9O7. The first kappa shape index (κ1) is 36.9. The summed E-state index contributed by atoms with van der Waals surface area (Å²) in [5, 5.41) is 20.8. The summed E-state index contributed by atoms with van der Waals surface area (Å²) >= 11 is 0. The number of nitrogens with one attached hydrogen (secondary N) is 1. The lowest BCUT2D eigenvalue weighted by molar-refractivity contribution is -0.137. The van der Waals surface area contributed by atoms with E-state index in [9.17, 15) is 29.1 Å². The highest BCUT2D eigenvalue weighted by molar-refractivity contribution is 6.23. The Morgan fingerprint density at radius 2 is 1.47 bits per heavy atom. The van der Waals surface area contributed by atoms with E-state index in [0.717, 1.165) is 27.7 Å². The number of phenols is 1. The van der Waals surface area contributed by atoms with Crippen molar-refractivity contribution < 1.29 is 33.8 Å². The van der Waals surface area contributed by atoms with Crippen LogP contribution in [0.25, 0.3) is 11.3 Å². The standard InChI is InChI=1S/C42H43N9O7/c43-38-35(22-33(45-46-38)31-6-1-2-7-36(31)52)50-23-29(24-50)58-28-5-3-4-26(20-28)48-16-18-49(19-17-48)40(55)25-12-14-47(15-13-25)27-8-9-30-32(21-27)42(57)51(41(30)56)34-10-11-37(53)44-39(34)54/h1-9,20-22,25,29,34,52H,10-19,23-24H2,(H2,43,46)(H,44,53,54). The number of anilines is 4. The number of para-hydroxylation sites is 1.